The van der Waals surface area contributed by atoms with Crippen molar-refractivity contribution in [2.45, 2.75) is 57.4 Å². The topological polar surface area (TPSA) is 66.4 Å². The molecule has 118 valence electrons. The molecule has 2 aliphatic rings. The van der Waals surface area contributed by atoms with Crippen molar-refractivity contribution in [2.24, 2.45) is 5.92 Å². The van der Waals surface area contributed by atoms with Crippen molar-refractivity contribution >= 4 is 11.9 Å². The highest BCUT2D eigenvalue weighted by molar-refractivity contribution is 5.97. The Hall–Kier alpha value is -1.84. The van der Waals surface area contributed by atoms with Gasteiger partial charge in [0, 0.05) is 5.56 Å². The summed E-state index contributed by atoms with van der Waals surface area (Å²) in [4.78, 5) is 24.3. The van der Waals surface area contributed by atoms with Crippen LogP contribution in [0.3, 0.4) is 0 Å². The van der Waals surface area contributed by atoms with Crippen LogP contribution in [0.2, 0.25) is 0 Å². The molecule has 0 bridgehead atoms. The molecule has 2 N–H and O–H groups in total. The number of carbonyl (C=O) groups is 2. The molecule has 3 rings (SSSR count). The molecule has 0 saturated heterocycles. The molecule has 0 spiro atoms. The minimum Gasteiger partial charge on any atom is -0.481 e. The van der Waals surface area contributed by atoms with E-state index in [1.165, 1.54) is 5.56 Å². The molecule has 0 aliphatic heterocycles. The van der Waals surface area contributed by atoms with Crippen LogP contribution in [0, 0.1) is 5.92 Å². The molecule has 1 aromatic carbocycles. The summed E-state index contributed by atoms with van der Waals surface area (Å²) >= 11 is 0. The molecule has 1 amide bonds. The van der Waals surface area contributed by atoms with E-state index in [1.54, 1.807) is 0 Å². The zero-order valence-electron chi connectivity index (χ0n) is 13.0. The monoisotopic (exact) mass is 301 g/mol. The van der Waals surface area contributed by atoms with Gasteiger partial charge in [0.2, 0.25) is 0 Å². The summed E-state index contributed by atoms with van der Waals surface area (Å²) < 4.78 is 0. The molecule has 4 nitrogen and oxygen atoms in total. The van der Waals surface area contributed by atoms with Gasteiger partial charge in [-0.1, -0.05) is 25.0 Å². The molecular weight excluding hydrogens is 278 g/mol. The number of carboxylic acids is 1. The quantitative estimate of drug-likeness (QED) is 0.902. The number of carboxylic acid groups (broad SMARTS) is 1. The molecule has 0 aromatic heterocycles. The van der Waals surface area contributed by atoms with E-state index >= 15 is 0 Å². The number of benzene rings is 1. The first-order valence-electron chi connectivity index (χ1n) is 8.17. The van der Waals surface area contributed by atoms with Crippen LogP contribution in [0.5, 0.6) is 0 Å². The van der Waals surface area contributed by atoms with E-state index < -0.39 is 17.4 Å². The minimum absolute atomic E-state index is 0.116. The van der Waals surface area contributed by atoms with Gasteiger partial charge >= 0.3 is 5.97 Å². The first-order chi connectivity index (χ1) is 10.5. The third kappa shape index (κ3) is 2.62. The number of fused-ring (bicyclic) bond motifs is 1. The SMILES string of the molecule is CC1(NC(=O)c2cccc3c2CCC3)CCCCC1C(=O)O. The fourth-order valence-corrected chi connectivity index (χ4v) is 4.04. The predicted octanol–water partition coefficient (Wildman–Crippen LogP) is 2.94. The second-order valence-electron chi connectivity index (χ2n) is 6.81. The van der Waals surface area contributed by atoms with E-state index in [-0.39, 0.29) is 5.91 Å². The average Bonchev–Trinajstić information content (AvgIpc) is 2.95. The zero-order chi connectivity index (χ0) is 15.7. The Labute approximate surface area is 130 Å². The van der Waals surface area contributed by atoms with Crippen LogP contribution in [-0.2, 0) is 17.6 Å². The summed E-state index contributed by atoms with van der Waals surface area (Å²) in [6.07, 6.45) is 6.32. The van der Waals surface area contributed by atoms with Gasteiger partial charge in [-0.15, -0.1) is 0 Å². The number of nitrogens with one attached hydrogen (secondary N) is 1. The molecule has 2 unspecified atom stereocenters. The van der Waals surface area contributed by atoms with Crippen LogP contribution in [0.25, 0.3) is 0 Å². The first kappa shape index (κ1) is 15.1. The first-order valence-corrected chi connectivity index (χ1v) is 8.17. The maximum atomic E-state index is 12.7. The highest BCUT2D eigenvalue weighted by Gasteiger charge is 2.42. The van der Waals surface area contributed by atoms with Crippen LogP contribution in [-0.4, -0.2) is 22.5 Å². The van der Waals surface area contributed by atoms with Gasteiger partial charge in [-0.05, 0) is 56.2 Å². The van der Waals surface area contributed by atoms with Gasteiger partial charge < -0.3 is 10.4 Å². The summed E-state index contributed by atoms with van der Waals surface area (Å²) in [7, 11) is 0. The van der Waals surface area contributed by atoms with E-state index in [9.17, 15) is 14.7 Å². The van der Waals surface area contributed by atoms with Gasteiger partial charge in [0.05, 0.1) is 11.5 Å². The lowest BCUT2D eigenvalue weighted by Crippen LogP contribution is -2.55. The highest BCUT2D eigenvalue weighted by atomic mass is 16.4. The van der Waals surface area contributed by atoms with Gasteiger partial charge in [0.1, 0.15) is 0 Å². The smallest absolute Gasteiger partial charge is 0.308 e. The second-order valence-corrected chi connectivity index (χ2v) is 6.81. The Balaban J connectivity index is 1.84. The van der Waals surface area contributed by atoms with E-state index in [1.807, 2.05) is 19.1 Å². The van der Waals surface area contributed by atoms with Crippen molar-refractivity contribution in [3.63, 3.8) is 0 Å². The van der Waals surface area contributed by atoms with E-state index in [0.29, 0.717) is 6.42 Å². The number of aryl methyl sites for hydroxylation is 1. The second kappa shape index (κ2) is 5.75. The maximum absolute atomic E-state index is 12.7. The van der Waals surface area contributed by atoms with Gasteiger partial charge in [-0.25, -0.2) is 0 Å². The van der Waals surface area contributed by atoms with Crippen LogP contribution in [0.1, 0.15) is 60.5 Å². The summed E-state index contributed by atoms with van der Waals surface area (Å²) in [5, 5.41) is 12.5. The van der Waals surface area contributed by atoms with Crippen molar-refractivity contribution in [1.29, 1.82) is 0 Å². The molecule has 2 atom stereocenters. The summed E-state index contributed by atoms with van der Waals surface area (Å²) in [6.45, 7) is 1.88. The fourth-order valence-electron chi connectivity index (χ4n) is 4.04. The Morgan fingerprint density at radius 2 is 2.05 bits per heavy atom. The summed E-state index contributed by atoms with van der Waals surface area (Å²) in [6, 6.07) is 5.87. The fraction of sp³-hybridized carbons (Fsp3) is 0.556. The van der Waals surface area contributed by atoms with Gasteiger partial charge in [-0.2, -0.15) is 0 Å². The Morgan fingerprint density at radius 3 is 2.82 bits per heavy atom. The largest absolute Gasteiger partial charge is 0.481 e. The third-order valence-electron chi connectivity index (χ3n) is 5.30. The number of hydrogen-bond donors (Lipinski definition) is 2. The Morgan fingerprint density at radius 1 is 1.23 bits per heavy atom. The van der Waals surface area contributed by atoms with Crippen LogP contribution < -0.4 is 5.32 Å². The van der Waals surface area contributed by atoms with Crippen molar-refractivity contribution in [3.8, 4) is 0 Å². The third-order valence-corrected chi connectivity index (χ3v) is 5.30. The molecule has 22 heavy (non-hydrogen) atoms. The highest BCUT2D eigenvalue weighted by Crippen LogP contribution is 2.34. The zero-order valence-corrected chi connectivity index (χ0v) is 13.0. The predicted molar refractivity (Wildman–Crippen MR) is 83.9 cm³/mol. The normalized spacial score (nSPS) is 27.2. The van der Waals surface area contributed by atoms with Crippen molar-refractivity contribution < 1.29 is 14.7 Å². The Bertz CT molecular complexity index is 610. The maximum Gasteiger partial charge on any atom is 0.308 e. The molecule has 1 fully saturated rings. The number of carbonyl (C=O) groups excluding carboxylic acids is 1. The lowest BCUT2D eigenvalue weighted by atomic mass is 9.73. The Kier molecular flexibility index (Phi) is 3.94. The minimum atomic E-state index is -0.805. The lowest BCUT2D eigenvalue weighted by Gasteiger charge is -2.40. The number of rotatable bonds is 3. The van der Waals surface area contributed by atoms with Crippen LogP contribution in [0.15, 0.2) is 18.2 Å². The lowest BCUT2D eigenvalue weighted by molar-refractivity contribution is -0.145. The van der Waals surface area contributed by atoms with E-state index in [2.05, 4.69) is 11.4 Å². The molecule has 2 aliphatic carbocycles. The molecule has 4 heteroatoms. The molecule has 0 radical (unpaired) electrons. The van der Waals surface area contributed by atoms with Gasteiger partial charge in [0.25, 0.3) is 5.91 Å². The van der Waals surface area contributed by atoms with E-state index in [0.717, 1.165) is 49.7 Å². The van der Waals surface area contributed by atoms with Crippen molar-refractivity contribution in [2.75, 3.05) is 0 Å². The molecular formula is C18H23NO3. The van der Waals surface area contributed by atoms with Crippen molar-refractivity contribution in [3.05, 3.63) is 34.9 Å². The van der Waals surface area contributed by atoms with Gasteiger partial charge in [-0.3, -0.25) is 9.59 Å². The molecule has 1 saturated carbocycles. The average molecular weight is 301 g/mol. The summed E-state index contributed by atoms with van der Waals surface area (Å²) in [5.41, 5.74) is 2.48. The number of aliphatic carboxylic acids is 1. The standard InChI is InChI=1S/C18H23NO3/c1-18(11-3-2-10-15(18)17(21)22)19-16(20)14-9-5-7-12-6-4-8-13(12)14/h5,7,9,15H,2-4,6,8,10-11H2,1H3,(H,19,20)(H,21,22). The van der Waals surface area contributed by atoms with E-state index in [4.69, 9.17) is 0 Å². The number of amides is 1. The molecule has 0 heterocycles. The van der Waals surface area contributed by atoms with Gasteiger partial charge in [0.15, 0.2) is 0 Å². The van der Waals surface area contributed by atoms with Crippen LogP contribution >= 0.6 is 0 Å². The summed E-state index contributed by atoms with van der Waals surface area (Å²) in [5.74, 6) is -1.42. The van der Waals surface area contributed by atoms with Crippen molar-refractivity contribution in [1.82, 2.24) is 5.32 Å². The number of hydrogen-bond acceptors (Lipinski definition) is 2. The molecule has 1 aromatic rings. The van der Waals surface area contributed by atoms with Crippen LogP contribution in [0.4, 0.5) is 0 Å².